The van der Waals surface area contributed by atoms with Crippen LogP contribution >= 0.6 is 0 Å². The van der Waals surface area contributed by atoms with Gasteiger partial charge in [-0.25, -0.2) is 4.68 Å². The molecule has 3 rings (SSSR count). The van der Waals surface area contributed by atoms with Crippen molar-refractivity contribution in [1.29, 1.82) is 0 Å². The van der Waals surface area contributed by atoms with E-state index in [1.54, 1.807) is 0 Å². The molecule has 1 aromatic carbocycles. The summed E-state index contributed by atoms with van der Waals surface area (Å²) in [4.78, 5) is 5.02. The number of hydrogen-bond donors (Lipinski definition) is 0. The summed E-state index contributed by atoms with van der Waals surface area (Å²) in [7, 11) is 2.22. The molecule has 2 heterocycles. The van der Waals surface area contributed by atoms with Gasteiger partial charge in [0, 0.05) is 42.7 Å². The Bertz CT molecular complexity index is 782. The Morgan fingerprint density at radius 1 is 0.862 bits per heavy atom. The number of rotatable bonds is 5. The van der Waals surface area contributed by atoms with Crippen LogP contribution in [0.5, 0.6) is 0 Å². The highest BCUT2D eigenvalue weighted by atomic mass is 15.3. The first-order valence-corrected chi connectivity index (χ1v) is 11.2. The van der Waals surface area contributed by atoms with Gasteiger partial charge < -0.3 is 9.80 Å². The molecule has 1 fully saturated rings. The van der Waals surface area contributed by atoms with Crippen molar-refractivity contribution >= 4 is 0 Å². The zero-order valence-electron chi connectivity index (χ0n) is 19.6. The summed E-state index contributed by atoms with van der Waals surface area (Å²) < 4.78 is 2.15. The molecule has 4 heteroatoms. The molecule has 0 bridgehead atoms. The van der Waals surface area contributed by atoms with E-state index in [-0.39, 0.29) is 10.8 Å². The predicted molar refractivity (Wildman–Crippen MR) is 123 cm³/mol. The number of aryl methyl sites for hydroxylation is 1. The molecule has 1 aliphatic rings. The highest BCUT2D eigenvalue weighted by Gasteiger charge is 2.26. The van der Waals surface area contributed by atoms with Crippen LogP contribution in [0.1, 0.15) is 64.9 Å². The molecule has 160 valence electrons. The first-order valence-electron chi connectivity index (χ1n) is 11.2. The van der Waals surface area contributed by atoms with E-state index in [9.17, 15) is 0 Å². The maximum atomic E-state index is 4.98. The molecule has 0 atom stereocenters. The molecule has 0 radical (unpaired) electrons. The van der Waals surface area contributed by atoms with E-state index in [1.165, 1.54) is 50.4 Å². The number of piperazine rings is 1. The monoisotopic (exact) mass is 396 g/mol. The van der Waals surface area contributed by atoms with Crippen LogP contribution in [-0.2, 0) is 17.3 Å². The SMILES string of the molecule is CN1CCN(CCCc2ccc(-n3nc(C(C)(C)C)cc3C(C)(C)C)cc2)CC1. The average Bonchev–Trinajstić information content (AvgIpc) is 3.10. The highest BCUT2D eigenvalue weighted by Crippen LogP contribution is 2.30. The van der Waals surface area contributed by atoms with Gasteiger partial charge in [-0.15, -0.1) is 0 Å². The zero-order valence-corrected chi connectivity index (χ0v) is 19.6. The Morgan fingerprint density at radius 2 is 1.48 bits per heavy atom. The van der Waals surface area contributed by atoms with Gasteiger partial charge in [0.05, 0.1) is 11.4 Å². The second-order valence-corrected chi connectivity index (χ2v) is 10.7. The van der Waals surface area contributed by atoms with Crippen LogP contribution in [0.15, 0.2) is 30.3 Å². The third-order valence-corrected chi connectivity index (χ3v) is 5.96. The smallest absolute Gasteiger partial charge is 0.0685 e. The van der Waals surface area contributed by atoms with Crippen LogP contribution in [0.4, 0.5) is 0 Å². The summed E-state index contributed by atoms with van der Waals surface area (Å²) in [5.74, 6) is 0. The van der Waals surface area contributed by atoms with Crippen molar-refractivity contribution in [1.82, 2.24) is 19.6 Å². The summed E-state index contributed by atoms with van der Waals surface area (Å²) >= 11 is 0. The van der Waals surface area contributed by atoms with Gasteiger partial charge in [0.15, 0.2) is 0 Å². The van der Waals surface area contributed by atoms with Crippen molar-refractivity contribution in [3.8, 4) is 5.69 Å². The molecule has 0 N–H and O–H groups in total. The van der Waals surface area contributed by atoms with Crippen molar-refractivity contribution in [2.75, 3.05) is 39.8 Å². The summed E-state index contributed by atoms with van der Waals surface area (Å²) in [5, 5.41) is 4.98. The Labute approximate surface area is 177 Å². The molecule has 4 nitrogen and oxygen atoms in total. The summed E-state index contributed by atoms with van der Waals surface area (Å²) in [6, 6.07) is 11.3. The summed E-state index contributed by atoms with van der Waals surface area (Å²) in [6.45, 7) is 19.5. The Morgan fingerprint density at radius 3 is 2.03 bits per heavy atom. The van der Waals surface area contributed by atoms with Crippen LogP contribution in [0.2, 0.25) is 0 Å². The number of likely N-dealkylation sites (N-methyl/N-ethyl adjacent to an activating group) is 1. The quantitative estimate of drug-likeness (QED) is 0.735. The van der Waals surface area contributed by atoms with Gasteiger partial charge in [0.2, 0.25) is 0 Å². The number of aromatic nitrogens is 2. The van der Waals surface area contributed by atoms with Crippen molar-refractivity contribution in [3.05, 3.63) is 47.3 Å². The molecule has 0 saturated carbocycles. The van der Waals surface area contributed by atoms with Gasteiger partial charge in [0.1, 0.15) is 0 Å². The normalized spacial score (nSPS) is 17.1. The molecular weight excluding hydrogens is 356 g/mol. The molecule has 1 aromatic heterocycles. The lowest BCUT2D eigenvalue weighted by Gasteiger charge is -2.32. The maximum absolute atomic E-state index is 4.98. The molecule has 1 aliphatic heterocycles. The van der Waals surface area contributed by atoms with Gasteiger partial charge in [0.25, 0.3) is 0 Å². The van der Waals surface area contributed by atoms with Crippen molar-refractivity contribution in [2.24, 2.45) is 0 Å². The average molecular weight is 397 g/mol. The lowest BCUT2D eigenvalue weighted by Crippen LogP contribution is -2.44. The van der Waals surface area contributed by atoms with E-state index < -0.39 is 0 Å². The van der Waals surface area contributed by atoms with E-state index in [1.807, 2.05) is 0 Å². The molecule has 0 spiro atoms. The van der Waals surface area contributed by atoms with Gasteiger partial charge in [-0.2, -0.15) is 5.10 Å². The van der Waals surface area contributed by atoms with Crippen LogP contribution in [-0.4, -0.2) is 59.4 Å². The van der Waals surface area contributed by atoms with E-state index in [4.69, 9.17) is 5.10 Å². The second kappa shape index (κ2) is 8.61. The minimum Gasteiger partial charge on any atom is -0.304 e. The van der Waals surface area contributed by atoms with E-state index in [2.05, 4.69) is 93.4 Å². The Balaban J connectivity index is 1.67. The molecule has 0 amide bonds. The van der Waals surface area contributed by atoms with Crippen molar-refractivity contribution < 1.29 is 0 Å². The fourth-order valence-electron chi connectivity index (χ4n) is 3.86. The first kappa shape index (κ1) is 22.0. The summed E-state index contributed by atoms with van der Waals surface area (Å²) in [6.07, 6.45) is 2.37. The van der Waals surface area contributed by atoms with Crippen LogP contribution in [0.3, 0.4) is 0 Å². The highest BCUT2D eigenvalue weighted by molar-refractivity contribution is 5.38. The minimum atomic E-state index is 0.0500. The fourth-order valence-corrected chi connectivity index (χ4v) is 3.86. The second-order valence-electron chi connectivity index (χ2n) is 10.7. The van der Waals surface area contributed by atoms with E-state index in [0.29, 0.717) is 0 Å². The molecule has 29 heavy (non-hydrogen) atoms. The van der Waals surface area contributed by atoms with Crippen LogP contribution in [0, 0.1) is 0 Å². The van der Waals surface area contributed by atoms with Crippen LogP contribution in [0.25, 0.3) is 5.69 Å². The standard InChI is InChI=1S/C25H40N4/c1-24(2,3)22-19-23(25(4,5)6)29(26-22)21-12-10-20(11-13-21)9-8-14-28-17-15-27(7)16-18-28/h10-13,19H,8-9,14-18H2,1-7H3. The maximum Gasteiger partial charge on any atom is 0.0685 e. The van der Waals surface area contributed by atoms with E-state index >= 15 is 0 Å². The number of nitrogens with zero attached hydrogens (tertiary/aromatic N) is 4. The molecule has 0 aliphatic carbocycles. The molecule has 1 saturated heterocycles. The first-order chi connectivity index (χ1) is 13.5. The Hall–Kier alpha value is -1.65. The van der Waals surface area contributed by atoms with Gasteiger partial charge in [-0.05, 0) is 50.2 Å². The Kier molecular flexibility index (Phi) is 6.54. The van der Waals surface area contributed by atoms with Gasteiger partial charge in [-0.3, -0.25) is 0 Å². The number of hydrogen-bond acceptors (Lipinski definition) is 3. The lowest BCUT2D eigenvalue weighted by molar-refractivity contribution is 0.153. The number of benzene rings is 1. The van der Waals surface area contributed by atoms with Crippen LogP contribution < -0.4 is 0 Å². The molecular formula is C25H40N4. The molecule has 0 unspecified atom stereocenters. The third-order valence-electron chi connectivity index (χ3n) is 5.96. The topological polar surface area (TPSA) is 24.3 Å². The van der Waals surface area contributed by atoms with E-state index in [0.717, 1.165) is 17.8 Å². The third kappa shape index (κ3) is 5.70. The van der Waals surface area contributed by atoms with Crippen molar-refractivity contribution in [3.63, 3.8) is 0 Å². The largest absolute Gasteiger partial charge is 0.304 e. The van der Waals surface area contributed by atoms with Gasteiger partial charge >= 0.3 is 0 Å². The minimum absolute atomic E-state index is 0.0500. The molecule has 2 aromatic rings. The fraction of sp³-hybridized carbons (Fsp3) is 0.640. The lowest BCUT2D eigenvalue weighted by atomic mass is 9.88. The zero-order chi connectivity index (χ0) is 21.2. The predicted octanol–water partition coefficient (Wildman–Crippen LogP) is 4.65. The van der Waals surface area contributed by atoms with Gasteiger partial charge in [-0.1, -0.05) is 53.7 Å². The summed E-state index contributed by atoms with van der Waals surface area (Å²) in [5.41, 5.74) is 5.10. The van der Waals surface area contributed by atoms with Crippen molar-refractivity contribution in [2.45, 2.75) is 65.2 Å².